The molecule has 1 amide bonds. The fourth-order valence-corrected chi connectivity index (χ4v) is 1.89. The zero-order chi connectivity index (χ0) is 15.8. The summed E-state index contributed by atoms with van der Waals surface area (Å²) >= 11 is 6.06. The number of methoxy groups -OCH3 is 1. The van der Waals surface area contributed by atoms with Gasteiger partial charge in [0.05, 0.1) is 18.6 Å². The van der Waals surface area contributed by atoms with Crippen molar-refractivity contribution in [2.24, 2.45) is 0 Å². The van der Waals surface area contributed by atoms with Crippen LogP contribution in [0.3, 0.4) is 0 Å². The van der Waals surface area contributed by atoms with Gasteiger partial charge in [0.25, 0.3) is 0 Å². The number of carbonyl (C=O) groups is 2. The largest absolute Gasteiger partial charge is 0.488 e. The first-order valence-corrected chi connectivity index (χ1v) is 6.75. The molecule has 0 heterocycles. The van der Waals surface area contributed by atoms with Gasteiger partial charge in [0, 0.05) is 0 Å². The van der Waals surface area contributed by atoms with Gasteiger partial charge in [0.1, 0.15) is 18.4 Å². The molecule has 0 aliphatic rings. The summed E-state index contributed by atoms with van der Waals surface area (Å²) in [4.78, 5) is 23.0. The van der Waals surface area contributed by atoms with E-state index in [1.165, 1.54) is 7.11 Å². The molecule has 5 nitrogen and oxygen atoms in total. The summed E-state index contributed by atoms with van der Waals surface area (Å²) in [6, 6.07) is 4.40. The highest BCUT2D eigenvalue weighted by Gasteiger charge is 2.16. The van der Waals surface area contributed by atoms with Crippen LogP contribution in [0.15, 0.2) is 30.9 Å². The van der Waals surface area contributed by atoms with Crippen molar-refractivity contribution in [1.29, 1.82) is 0 Å². The number of hydrogen-bond donors (Lipinski definition) is 1. The van der Waals surface area contributed by atoms with Gasteiger partial charge in [0.15, 0.2) is 0 Å². The summed E-state index contributed by atoms with van der Waals surface area (Å²) in [5.74, 6) is -0.248. The molecule has 1 aromatic carbocycles. The van der Waals surface area contributed by atoms with Crippen LogP contribution in [0.1, 0.15) is 12.5 Å². The summed E-state index contributed by atoms with van der Waals surface area (Å²) in [5, 5.41) is 2.97. The summed E-state index contributed by atoms with van der Waals surface area (Å²) in [6.45, 7) is 5.47. The first-order valence-electron chi connectivity index (χ1n) is 6.37. The Labute approximate surface area is 128 Å². The molecule has 0 bridgehead atoms. The molecule has 0 aliphatic heterocycles. The van der Waals surface area contributed by atoms with Gasteiger partial charge in [-0.15, -0.1) is 0 Å². The Kier molecular flexibility index (Phi) is 6.75. The van der Waals surface area contributed by atoms with Crippen LogP contribution in [-0.2, 0) is 20.7 Å². The molecule has 0 fully saturated rings. The van der Waals surface area contributed by atoms with Gasteiger partial charge in [-0.3, -0.25) is 4.79 Å². The van der Waals surface area contributed by atoms with Gasteiger partial charge in [-0.1, -0.05) is 30.3 Å². The Bertz CT molecular complexity index is 530. The summed E-state index contributed by atoms with van der Waals surface area (Å²) < 4.78 is 9.88. The number of benzene rings is 1. The average molecular weight is 312 g/mol. The van der Waals surface area contributed by atoms with Crippen LogP contribution in [0.2, 0.25) is 5.02 Å². The predicted octanol–water partition coefficient (Wildman–Crippen LogP) is 2.12. The third-order valence-electron chi connectivity index (χ3n) is 2.65. The number of nitrogens with one attached hydrogen (secondary N) is 1. The van der Waals surface area contributed by atoms with E-state index in [1.807, 2.05) is 0 Å². The van der Waals surface area contributed by atoms with Gasteiger partial charge < -0.3 is 14.8 Å². The minimum Gasteiger partial charge on any atom is -0.488 e. The second kappa shape index (κ2) is 8.32. The van der Waals surface area contributed by atoms with Crippen LogP contribution >= 0.6 is 11.6 Å². The van der Waals surface area contributed by atoms with E-state index >= 15 is 0 Å². The lowest BCUT2D eigenvalue weighted by Crippen LogP contribution is -2.39. The van der Waals surface area contributed by atoms with E-state index in [0.29, 0.717) is 17.4 Å². The second-order valence-corrected chi connectivity index (χ2v) is 4.76. The highest BCUT2D eigenvalue weighted by Crippen LogP contribution is 2.25. The van der Waals surface area contributed by atoms with Crippen molar-refractivity contribution in [1.82, 2.24) is 5.32 Å². The van der Waals surface area contributed by atoms with Crippen LogP contribution in [-0.4, -0.2) is 31.6 Å². The maximum Gasteiger partial charge on any atom is 0.328 e. The number of ether oxygens (including phenoxy) is 2. The highest BCUT2D eigenvalue weighted by molar-refractivity contribution is 6.32. The Morgan fingerprint density at radius 2 is 2.19 bits per heavy atom. The van der Waals surface area contributed by atoms with E-state index in [2.05, 4.69) is 16.6 Å². The van der Waals surface area contributed by atoms with Gasteiger partial charge in [-0.2, -0.15) is 0 Å². The minimum absolute atomic E-state index is 0.114. The topological polar surface area (TPSA) is 64.6 Å². The quantitative estimate of drug-likeness (QED) is 0.619. The number of rotatable bonds is 7. The van der Waals surface area contributed by atoms with Gasteiger partial charge in [-0.25, -0.2) is 4.79 Å². The molecule has 0 aliphatic carbocycles. The molecule has 0 saturated carbocycles. The molecule has 21 heavy (non-hydrogen) atoms. The van der Waals surface area contributed by atoms with Crippen molar-refractivity contribution in [2.45, 2.75) is 19.4 Å². The van der Waals surface area contributed by atoms with E-state index in [4.69, 9.17) is 16.3 Å². The van der Waals surface area contributed by atoms with Crippen LogP contribution in [0.5, 0.6) is 5.75 Å². The summed E-state index contributed by atoms with van der Waals surface area (Å²) in [6.07, 6.45) is 1.73. The van der Waals surface area contributed by atoms with Crippen molar-refractivity contribution >= 4 is 23.5 Å². The third-order valence-corrected chi connectivity index (χ3v) is 2.95. The highest BCUT2D eigenvalue weighted by atomic mass is 35.5. The molecule has 0 aromatic heterocycles. The monoisotopic (exact) mass is 311 g/mol. The molecule has 1 unspecified atom stereocenters. The molecule has 1 aromatic rings. The molecule has 6 heteroatoms. The molecule has 1 atom stereocenters. The van der Waals surface area contributed by atoms with Crippen molar-refractivity contribution < 1.29 is 19.1 Å². The molecular weight excluding hydrogens is 294 g/mol. The Balaban J connectivity index is 2.62. The number of carbonyl (C=O) groups excluding carboxylic acids is 2. The maximum atomic E-state index is 11.8. The predicted molar refractivity (Wildman–Crippen MR) is 80.5 cm³/mol. The first kappa shape index (κ1) is 17.0. The standard InChI is InChI=1S/C15H18ClNO4/c1-4-7-21-13-6-5-11(8-12(13)16)9-14(18)17-10(2)15(19)20-3/h4-6,8,10H,1,7,9H2,2-3H3,(H,17,18). The Morgan fingerprint density at radius 3 is 2.76 bits per heavy atom. The van der Waals surface area contributed by atoms with Crippen molar-refractivity contribution in [3.63, 3.8) is 0 Å². The fourth-order valence-electron chi connectivity index (χ4n) is 1.63. The van der Waals surface area contributed by atoms with Crippen LogP contribution in [0.25, 0.3) is 0 Å². The number of esters is 1. The molecule has 1 rings (SSSR count). The molecule has 1 N–H and O–H groups in total. The van der Waals surface area contributed by atoms with Crippen molar-refractivity contribution in [3.8, 4) is 5.75 Å². The summed E-state index contributed by atoms with van der Waals surface area (Å²) in [7, 11) is 1.27. The normalized spacial score (nSPS) is 11.4. The second-order valence-electron chi connectivity index (χ2n) is 4.35. The third kappa shape index (κ3) is 5.47. The molecule has 0 saturated heterocycles. The van der Waals surface area contributed by atoms with Gasteiger partial charge >= 0.3 is 5.97 Å². The van der Waals surface area contributed by atoms with E-state index in [1.54, 1.807) is 31.2 Å². The van der Waals surface area contributed by atoms with E-state index in [-0.39, 0.29) is 12.3 Å². The average Bonchev–Trinajstić information content (AvgIpc) is 2.45. The Hall–Kier alpha value is -2.01. The van der Waals surface area contributed by atoms with Crippen molar-refractivity contribution in [3.05, 3.63) is 41.4 Å². The van der Waals surface area contributed by atoms with Crippen molar-refractivity contribution in [2.75, 3.05) is 13.7 Å². The molecular formula is C15H18ClNO4. The van der Waals surface area contributed by atoms with Gasteiger partial charge in [-0.05, 0) is 24.6 Å². The van der Waals surface area contributed by atoms with E-state index in [0.717, 1.165) is 5.56 Å². The smallest absolute Gasteiger partial charge is 0.328 e. The van der Waals surface area contributed by atoms with E-state index < -0.39 is 12.0 Å². The number of amides is 1. The van der Waals surface area contributed by atoms with Gasteiger partial charge in [0.2, 0.25) is 5.91 Å². The first-order chi connectivity index (χ1) is 9.97. The fraction of sp³-hybridized carbons (Fsp3) is 0.333. The van der Waals surface area contributed by atoms with Crippen LogP contribution < -0.4 is 10.1 Å². The summed E-state index contributed by atoms with van der Waals surface area (Å²) in [5.41, 5.74) is 0.723. The lowest BCUT2D eigenvalue weighted by Gasteiger charge is -2.12. The molecule has 0 radical (unpaired) electrons. The van der Waals surface area contributed by atoms with Crippen LogP contribution in [0, 0.1) is 0 Å². The van der Waals surface area contributed by atoms with E-state index in [9.17, 15) is 9.59 Å². The Morgan fingerprint density at radius 1 is 1.48 bits per heavy atom. The molecule has 0 spiro atoms. The minimum atomic E-state index is -0.687. The zero-order valence-electron chi connectivity index (χ0n) is 12.0. The maximum absolute atomic E-state index is 11.8. The number of halogens is 1. The van der Waals surface area contributed by atoms with Crippen LogP contribution in [0.4, 0.5) is 0 Å². The zero-order valence-corrected chi connectivity index (χ0v) is 12.8. The SMILES string of the molecule is C=CCOc1ccc(CC(=O)NC(C)C(=O)OC)cc1Cl. The number of hydrogen-bond acceptors (Lipinski definition) is 4. The molecule has 114 valence electrons. The lowest BCUT2D eigenvalue weighted by molar-refractivity contribution is -0.144. The lowest BCUT2D eigenvalue weighted by atomic mass is 10.1.